The van der Waals surface area contributed by atoms with Gasteiger partial charge >= 0.3 is 12.3 Å². The molecule has 0 saturated carbocycles. The van der Waals surface area contributed by atoms with Crippen molar-refractivity contribution in [3.05, 3.63) is 17.3 Å². The molecule has 0 unspecified atom stereocenters. The van der Waals surface area contributed by atoms with Crippen molar-refractivity contribution >= 4 is 33.5 Å². The van der Waals surface area contributed by atoms with Gasteiger partial charge in [-0.2, -0.15) is 13.2 Å². The van der Waals surface area contributed by atoms with Crippen molar-refractivity contribution in [2.75, 3.05) is 31.1 Å². The molecule has 4 heterocycles. The predicted molar refractivity (Wildman–Crippen MR) is 99.6 cm³/mol. The summed E-state index contributed by atoms with van der Waals surface area (Å²) in [5.74, 6) is 0.663. The van der Waals surface area contributed by atoms with E-state index in [1.54, 1.807) is 11.0 Å². The molecule has 0 N–H and O–H groups in total. The molecule has 2 aliphatic heterocycles. The highest BCUT2D eigenvalue weighted by atomic mass is 32.1. The smallest absolute Gasteiger partial charge is 0.410 e. The first-order valence-corrected chi connectivity index (χ1v) is 9.78. The topological polar surface area (TPSA) is 58.6 Å². The Hall–Kier alpha value is -2.10. The Bertz CT molecular complexity index is 908. The molecule has 0 bridgehead atoms. The van der Waals surface area contributed by atoms with E-state index in [0.717, 1.165) is 11.3 Å². The molecule has 2 saturated heterocycles. The molecule has 2 aromatic rings. The Morgan fingerprint density at radius 1 is 1.21 bits per heavy atom. The van der Waals surface area contributed by atoms with Crippen molar-refractivity contribution in [2.24, 2.45) is 5.41 Å². The number of fused-ring (bicyclic) bond motifs is 1. The van der Waals surface area contributed by atoms with Gasteiger partial charge in [0.1, 0.15) is 22.6 Å². The van der Waals surface area contributed by atoms with Crippen molar-refractivity contribution < 1.29 is 22.7 Å². The lowest BCUT2D eigenvalue weighted by Crippen LogP contribution is -2.73. The third-order valence-corrected chi connectivity index (χ3v) is 5.83. The van der Waals surface area contributed by atoms with Gasteiger partial charge in [-0.1, -0.05) is 0 Å². The van der Waals surface area contributed by atoms with Gasteiger partial charge in [-0.15, -0.1) is 11.3 Å². The van der Waals surface area contributed by atoms with Gasteiger partial charge in [0.25, 0.3) is 0 Å². The van der Waals surface area contributed by atoms with E-state index in [4.69, 9.17) is 4.74 Å². The molecule has 2 aliphatic rings. The fourth-order valence-corrected chi connectivity index (χ4v) is 4.78. The van der Waals surface area contributed by atoms with E-state index >= 15 is 0 Å². The number of nitrogens with zero attached hydrogens (tertiary/aromatic N) is 4. The van der Waals surface area contributed by atoms with Crippen LogP contribution in [0.15, 0.2) is 12.4 Å². The van der Waals surface area contributed by atoms with E-state index in [1.807, 2.05) is 25.7 Å². The lowest BCUT2D eigenvalue weighted by atomic mass is 9.73. The van der Waals surface area contributed by atoms with E-state index in [1.165, 1.54) is 6.33 Å². The summed E-state index contributed by atoms with van der Waals surface area (Å²) in [5, 5.41) is 0.657. The summed E-state index contributed by atoms with van der Waals surface area (Å²) < 4.78 is 43.4. The highest BCUT2D eigenvalue weighted by Crippen LogP contribution is 2.44. The molecule has 28 heavy (non-hydrogen) atoms. The zero-order valence-corrected chi connectivity index (χ0v) is 16.7. The number of carbonyl (C=O) groups excluding carboxylic acids is 1. The lowest BCUT2D eigenvalue weighted by Gasteiger charge is -2.60. The van der Waals surface area contributed by atoms with E-state index < -0.39 is 18.2 Å². The molecule has 0 atom stereocenters. The molecule has 152 valence electrons. The molecule has 4 rings (SSSR count). The maximum absolute atomic E-state index is 12.7. The third kappa shape index (κ3) is 3.74. The Labute approximate surface area is 164 Å². The van der Waals surface area contributed by atoms with Crippen molar-refractivity contribution in [3.63, 3.8) is 0 Å². The highest BCUT2D eigenvalue weighted by molar-refractivity contribution is 7.18. The zero-order valence-electron chi connectivity index (χ0n) is 15.8. The first-order chi connectivity index (χ1) is 12.9. The summed E-state index contributed by atoms with van der Waals surface area (Å²) in [4.78, 5) is 25.0. The van der Waals surface area contributed by atoms with Gasteiger partial charge in [-0.3, -0.25) is 0 Å². The Kier molecular flexibility index (Phi) is 4.26. The molecule has 2 aromatic heterocycles. The number of rotatable bonds is 2. The number of ether oxygens (including phenoxy) is 1. The summed E-state index contributed by atoms with van der Waals surface area (Å²) in [6, 6.07) is 1.54. The van der Waals surface area contributed by atoms with Crippen LogP contribution in [0.25, 0.3) is 10.2 Å². The van der Waals surface area contributed by atoms with Crippen LogP contribution in [0.1, 0.15) is 25.6 Å². The second-order valence-corrected chi connectivity index (χ2v) is 9.73. The normalized spacial score (nSPS) is 18.9. The molecule has 1 amide bonds. The van der Waals surface area contributed by atoms with E-state index in [-0.39, 0.29) is 16.4 Å². The fraction of sp³-hybridized carbons (Fsp3) is 0.611. The average molecular weight is 414 g/mol. The van der Waals surface area contributed by atoms with Crippen LogP contribution < -0.4 is 4.90 Å². The van der Waals surface area contributed by atoms with E-state index in [9.17, 15) is 18.0 Å². The zero-order chi connectivity index (χ0) is 20.3. The van der Waals surface area contributed by atoms with E-state index in [2.05, 4.69) is 9.97 Å². The summed E-state index contributed by atoms with van der Waals surface area (Å²) in [5.41, 5.74) is -0.510. The van der Waals surface area contributed by atoms with Gasteiger partial charge in [-0.25, -0.2) is 14.8 Å². The van der Waals surface area contributed by atoms with Crippen LogP contribution in [0, 0.1) is 5.41 Å². The Morgan fingerprint density at radius 2 is 1.89 bits per heavy atom. The number of amides is 1. The molecular formula is C18H21F3N4O2S. The number of hydrogen-bond donors (Lipinski definition) is 0. The molecular weight excluding hydrogens is 393 g/mol. The number of anilines is 1. The van der Waals surface area contributed by atoms with Crippen LogP contribution >= 0.6 is 11.3 Å². The first-order valence-electron chi connectivity index (χ1n) is 8.96. The van der Waals surface area contributed by atoms with Crippen molar-refractivity contribution in [3.8, 4) is 0 Å². The number of likely N-dealkylation sites (tertiary alicyclic amines) is 1. The minimum Gasteiger partial charge on any atom is -0.444 e. The predicted octanol–water partition coefficient (Wildman–Crippen LogP) is 3.85. The molecule has 10 heteroatoms. The van der Waals surface area contributed by atoms with Gasteiger partial charge in [0.2, 0.25) is 0 Å². The van der Waals surface area contributed by atoms with Gasteiger partial charge in [0.15, 0.2) is 0 Å². The van der Waals surface area contributed by atoms with Gasteiger partial charge in [0, 0.05) is 36.5 Å². The number of alkyl halides is 3. The van der Waals surface area contributed by atoms with Crippen molar-refractivity contribution in [1.82, 2.24) is 14.9 Å². The monoisotopic (exact) mass is 414 g/mol. The standard InChI is InChI=1S/C18H21F3N4O2S/c1-16(2,3)27-15(26)25-8-17(9-25)6-24(7-17)13-12-4-11(5-18(19,20)21)28-14(12)23-10-22-13/h4,10H,5-9H2,1-3H3. The number of aromatic nitrogens is 2. The van der Waals surface area contributed by atoms with Crippen LogP contribution in [0.4, 0.5) is 23.8 Å². The maximum Gasteiger partial charge on any atom is 0.410 e. The summed E-state index contributed by atoms with van der Waals surface area (Å²) >= 11 is 1.05. The minimum atomic E-state index is -4.24. The summed E-state index contributed by atoms with van der Waals surface area (Å²) in [7, 11) is 0. The summed E-state index contributed by atoms with van der Waals surface area (Å²) in [6.07, 6.45) is -4.12. The number of hydrogen-bond acceptors (Lipinski definition) is 6. The van der Waals surface area contributed by atoms with Crippen LogP contribution in [-0.2, 0) is 11.2 Å². The highest BCUT2D eigenvalue weighted by Gasteiger charge is 2.54. The van der Waals surface area contributed by atoms with Gasteiger partial charge < -0.3 is 14.5 Å². The largest absolute Gasteiger partial charge is 0.444 e. The second kappa shape index (κ2) is 6.20. The average Bonchev–Trinajstić information content (AvgIpc) is 2.82. The van der Waals surface area contributed by atoms with Crippen LogP contribution in [0.5, 0.6) is 0 Å². The minimum absolute atomic E-state index is 0.0129. The third-order valence-electron chi connectivity index (χ3n) is 4.79. The molecule has 0 aliphatic carbocycles. The maximum atomic E-state index is 12.7. The number of thiophene rings is 1. The number of carbonyl (C=O) groups is 1. The Balaban J connectivity index is 1.41. The quantitative estimate of drug-likeness (QED) is 0.747. The van der Waals surface area contributed by atoms with Crippen molar-refractivity contribution in [2.45, 2.75) is 39.0 Å². The SMILES string of the molecule is CC(C)(C)OC(=O)N1CC2(C1)CN(c1ncnc3sc(CC(F)(F)F)cc13)C2. The van der Waals surface area contributed by atoms with Gasteiger partial charge in [0.05, 0.1) is 11.8 Å². The molecule has 6 nitrogen and oxygen atoms in total. The van der Waals surface area contributed by atoms with Crippen molar-refractivity contribution in [1.29, 1.82) is 0 Å². The second-order valence-electron chi connectivity index (χ2n) is 8.61. The van der Waals surface area contributed by atoms with Gasteiger partial charge in [-0.05, 0) is 26.8 Å². The Morgan fingerprint density at radius 3 is 2.50 bits per heavy atom. The fourth-order valence-electron chi connectivity index (χ4n) is 3.76. The van der Waals surface area contributed by atoms with Crippen LogP contribution in [-0.4, -0.2) is 58.9 Å². The molecule has 2 fully saturated rings. The van der Waals surface area contributed by atoms with Crippen LogP contribution in [0.3, 0.4) is 0 Å². The number of halogens is 3. The molecule has 0 radical (unpaired) electrons. The lowest BCUT2D eigenvalue weighted by molar-refractivity contribution is -0.126. The molecule has 1 spiro atoms. The molecule has 0 aromatic carbocycles. The first kappa shape index (κ1) is 19.2. The summed E-state index contributed by atoms with van der Waals surface area (Å²) in [6.45, 7) is 8.16. The van der Waals surface area contributed by atoms with Crippen LogP contribution in [0.2, 0.25) is 0 Å². The van der Waals surface area contributed by atoms with E-state index in [0.29, 0.717) is 42.2 Å².